The molecule has 2 aliphatic rings. The molecule has 2 aliphatic heterocycles. The minimum Gasteiger partial charge on any atom is -0.311 e. The van der Waals surface area contributed by atoms with Crippen molar-refractivity contribution < 1.29 is 0 Å². The van der Waals surface area contributed by atoms with Crippen LogP contribution in [0.4, 0.5) is 51.3 Å². The Balaban J connectivity index is 1.17. The molecule has 0 saturated heterocycles. The molecule has 0 fully saturated rings. The summed E-state index contributed by atoms with van der Waals surface area (Å²) < 4.78 is 2.49. The number of fused-ring (bicyclic) bond motifs is 6. The quantitative estimate of drug-likeness (QED) is 0.150. The van der Waals surface area contributed by atoms with Crippen LogP contribution in [0.5, 0.6) is 0 Å². The molecule has 0 N–H and O–H groups in total. The third-order valence-electron chi connectivity index (χ3n) is 12.3. The zero-order valence-corrected chi connectivity index (χ0v) is 33.4. The van der Waals surface area contributed by atoms with E-state index >= 15 is 0 Å². The molecule has 0 amide bonds. The third-order valence-corrected chi connectivity index (χ3v) is 12.3. The Morgan fingerprint density at radius 2 is 0.885 bits per heavy atom. The van der Waals surface area contributed by atoms with Gasteiger partial charge in [0.25, 0.3) is 6.71 Å². The summed E-state index contributed by atoms with van der Waals surface area (Å²) >= 11 is 0. The number of aromatic nitrogens is 1. The van der Waals surface area contributed by atoms with Gasteiger partial charge in [-0.15, -0.1) is 0 Å². The van der Waals surface area contributed by atoms with Gasteiger partial charge in [-0.2, -0.15) is 0 Å². The number of hydrogen-bond donors (Lipinski definition) is 0. The van der Waals surface area contributed by atoms with E-state index in [1.807, 2.05) is 0 Å². The number of nitrogens with zero attached hydrogens (tertiary/aromatic N) is 4. The van der Waals surface area contributed by atoms with E-state index < -0.39 is 0 Å². The molecular formula is C56H39BN4. The van der Waals surface area contributed by atoms with E-state index in [4.69, 9.17) is 0 Å². The average Bonchev–Trinajstić information content (AvgIpc) is 3.68. The summed E-state index contributed by atoms with van der Waals surface area (Å²) in [4.78, 5) is 7.38. The normalized spacial score (nSPS) is 12.5. The van der Waals surface area contributed by atoms with Crippen LogP contribution in [-0.2, 0) is 0 Å². The minimum atomic E-state index is -0.0597. The maximum atomic E-state index is 2.53. The molecule has 0 atom stereocenters. The van der Waals surface area contributed by atoms with Gasteiger partial charge in [0.05, 0.1) is 5.52 Å². The van der Waals surface area contributed by atoms with Crippen molar-refractivity contribution in [1.82, 2.24) is 4.57 Å². The SMILES string of the molecule is c1ccc(-c2cccc(N3c4cccc5c4B(c4ccc(N(c6ccccc6)c6ccccc6)cc4N5c4ccccc4)c4c3n(-c3ccccc3)c3ccccc43)c2)cc1. The summed E-state index contributed by atoms with van der Waals surface area (Å²) in [6, 6.07) is 85.9. The molecule has 0 aliphatic carbocycles. The first kappa shape index (κ1) is 35.0. The van der Waals surface area contributed by atoms with Crippen LogP contribution in [0.3, 0.4) is 0 Å². The minimum absolute atomic E-state index is 0.0597. The highest BCUT2D eigenvalue weighted by Gasteiger charge is 2.46. The second kappa shape index (κ2) is 14.4. The number of hydrogen-bond acceptors (Lipinski definition) is 3. The van der Waals surface area contributed by atoms with Crippen LogP contribution in [0.2, 0.25) is 0 Å². The smallest absolute Gasteiger partial charge is 0.255 e. The molecule has 10 aromatic rings. The lowest BCUT2D eigenvalue weighted by atomic mass is 9.33. The molecule has 0 spiro atoms. The van der Waals surface area contributed by atoms with E-state index in [1.165, 1.54) is 49.8 Å². The van der Waals surface area contributed by atoms with E-state index in [1.54, 1.807) is 0 Å². The number of benzene rings is 9. The van der Waals surface area contributed by atoms with Crippen LogP contribution in [0.15, 0.2) is 237 Å². The van der Waals surface area contributed by atoms with Crippen molar-refractivity contribution in [3.8, 4) is 16.8 Å². The van der Waals surface area contributed by atoms with Crippen LogP contribution in [0, 0.1) is 0 Å². The summed E-state index contributed by atoms with van der Waals surface area (Å²) in [5, 5.41) is 1.24. The van der Waals surface area contributed by atoms with Crippen LogP contribution < -0.4 is 31.1 Å². The van der Waals surface area contributed by atoms with Gasteiger partial charge in [-0.3, -0.25) is 9.47 Å². The van der Waals surface area contributed by atoms with Gasteiger partial charge in [0, 0.05) is 51.2 Å². The first-order valence-corrected chi connectivity index (χ1v) is 21.0. The van der Waals surface area contributed by atoms with Crippen LogP contribution in [-0.4, -0.2) is 11.3 Å². The van der Waals surface area contributed by atoms with Gasteiger partial charge in [0.15, 0.2) is 0 Å². The summed E-state index contributed by atoms with van der Waals surface area (Å²) in [6.07, 6.45) is 0. The maximum Gasteiger partial charge on any atom is 0.255 e. The zero-order valence-electron chi connectivity index (χ0n) is 33.4. The van der Waals surface area contributed by atoms with E-state index in [9.17, 15) is 0 Å². The summed E-state index contributed by atoms with van der Waals surface area (Å²) in [5.41, 5.74) is 17.6. The molecular weight excluding hydrogens is 739 g/mol. The zero-order chi connectivity index (χ0) is 40.3. The molecule has 5 heteroatoms. The van der Waals surface area contributed by atoms with Crippen molar-refractivity contribution in [3.05, 3.63) is 237 Å². The van der Waals surface area contributed by atoms with Gasteiger partial charge >= 0.3 is 0 Å². The highest BCUT2D eigenvalue weighted by molar-refractivity contribution is 7.01. The average molecular weight is 779 g/mol. The largest absolute Gasteiger partial charge is 0.311 e. The fourth-order valence-corrected chi connectivity index (χ4v) is 9.80. The monoisotopic (exact) mass is 778 g/mol. The van der Waals surface area contributed by atoms with Gasteiger partial charge in [-0.25, -0.2) is 0 Å². The highest BCUT2D eigenvalue weighted by atomic mass is 15.3. The van der Waals surface area contributed by atoms with Crippen molar-refractivity contribution >= 4 is 85.3 Å². The van der Waals surface area contributed by atoms with Crippen molar-refractivity contribution in [2.75, 3.05) is 14.7 Å². The number of anilines is 9. The lowest BCUT2D eigenvalue weighted by molar-refractivity contribution is 1.08. The van der Waals surface area contributed by atoms with Gasteiger partial charge in [-0.05, 0) is 124 Å². The van der Waals surface area contributed by atoms with E-state index in [2.05, 4.69) is 256 Å². The predicted octanol–water partition coefficient (Wildman–Crippen LogP) is 12.8. The Morgan fingerprint density at radius 1 is 0.344 bits per heavy atom. The topological polar surface area (TPSA) is 14.7 Å². The van der Waals surface area contributed by atoms with Gasteiger partial charge in [0.2, 0.25) is 0 Å². The second-order valence-electron chi connectivity index (χ2n) is 15.7. The van der Waals surface area contributed by atoms with E-state index in [-0.39, 0.29) is 6.71 Å². The molecule has 0 bridgehead atoms. The second-order valence-corrected chi connectivity index (χ2v) is 15.7. The van der Waals surface area contributed by atoms with Crippen molar-refractivity contribution in [2.24, 2.45) is 0 Å². The van der Waals surface area contributed by atoms with E-state index in [0.29, 0.717) is 0 Å². The highest BCUT2D eigenvalue weighted by Crippen LogP contribution is 2.48. The van der Waals surface area contributed by atoms with Crippen LogP contribution in [0.25, 0.3) is 27.7 Å². The maximum absolute atomic E-state index is 2.53. The van der Waals surface area contributed by atoms with E-state index in [0.717, 1.165) is 45.6 Å². The number of rotatable bonds is 7. The molecule has 0 radical (unpaired) electrons. The Hall–Kier alpha value is -8.02. The number of para-hydroxylation sites is 5. The lowest BCUT2D eigenvalue weighted by Crippen LogP contribution is -2.61. The predicted molar refractivity (Wildman–Crippen MR) is 257 cm³/mol. The van der Waals surface area contributed by atoms with Crippen LogP contribution in [0.1, 0.15) is 0 Å². The van der Waals surface area contributed by atoms with Gasteiger partial charge in [0.1, 0.15) is 5.82 Å². The lowest BCUT2D eigenvalue weighted by Gasteiger charge is -2.44. The van der Waals surface area contributed by atoms with Crippen LogP contribution >= 0.6 is 0 Å². The van der Waals surface area contributed by atoms with Crippen molar-refractivity contribution in [1.29, 1.82) is 0 Å². The Bertz CT molecular complexity index is 3170. The summed E-state index contributed by atoms with van der Waals surface area (Å²) in [7, 11) is 0. The molecule has 4 nitrogen and oxygen atoms in total. The third kappa shape index (κ3) is 5.62. The molecule has 0 saturated carbocycles. The summed E-state index contributed by atoms with van der Waals surface area (Å²) in [6.45, 7) is -0.0597. The summed E-state index contributed by atoms with van der Waals surface area (Å²) in [5.74, 6) is 1.16. The molecule has 1 aromatic heterocycles. The Morgan fingerprint density at radius 3 is 1.57 bits per heavy atom. The Labute approximate surface area is 356 Å². The molecule has 0 unspecified atom stereocenters. The fourth-order valence-electron chi connectivity index (χ4n) is 9.80. The Kier molecular flexibility index (Phi) is 8.24. The van der Waals surface area contributed by atoms with Gasteiger partial charge < -0.3 is 9.80 Å². The molecule has 61 heavy (non-hydrogen) atoms. The molecule has 12 rings (SSSR count). The first-order valence-electron chi connectivity index (χ1n) is 21.0. The molecule has 3 heterocycles. The van der Waals surface area contributed by atoms with Crippen molar-refractivity contribution in [3.63, 3.8) is 0 Å². The molecule has 9 aromatic carbocycles. The first-order chi connectivity index (χ1) is 30.3. The van der Waals surface area contributed by atoms with Crippen molar-refractivity contribution in [2.45, 2.75) is 0 Å². The fraction of sp³-hybridized carbons (Fsp3) is 0. The molecule has 286 valence electrons. The standard InChI is InChI=1S/C56H39BN4/c1-6-20-40(21-7-1)41-22-18-31-46(38-41)61-52-35-19-34-51-55(52)57(54-48-32-16-17-33-50(48)60(56(54)61)45-29-14-5-15-30-45)49-37-36-47(39-53(49)59(51)44-27-12-4-13-28-44)58(42-23-8-2-9-24-42)43-25-10-3-11-26-43/h1-39H. The van der Waals surface area contributed by atoms with Gasteiger partial charge in [-0.1, -0.05) is 146 Å².